The number of hydrogen-bond acceptors (Lipinski definition) is 5. The first-order valence-electron chi connectivity index (χ1n) is 11.5. The monoisotopic (exact) mass is 463 g/mol. The number of nitrogens with one attached hydrogen (secondary N) is 3. The summed E-state index contributed by atoms with van der Waals surface area (Å²) in [5.41, 5.74) is 1.94. The van der Waals surface area contributed by atoms with E-state index in [4.69, 9.17) is 9.47 Å². The number of anilines is 1. The Morgan fingerprint density at radius 3 is 2.56 bits per heavy atom. The molecule has 1 aliphatic heterocycles. The summed E-state index contributed by atoms with van der Waals surface area (Å²) in [6.45, 7) is 5.95. The average Bonchev–Trinajstić information content (AvgIpc) is 3.29. The molecule has 0 saturated heterocycles. The molecule has 0 unspecified atom stereocenters. The molecule has 0 radical (unpaired) electrons. The van der Waals surface area contributed by atoms with Crippen LogP contribution in [0, 0.1) is 5.41 Å². The third kappa shape index (κ3) is 3.98. The third-order valence-corrected chi connectivity index (χ3v) is 6.77. The number of benzene rings is 2. The molecule has 1 fully saturated rings. The van der Waals surface area contributed by atoms with Gasteiger partial charge in [-0.15, -0.1) is 0 Å². The Morgan fingerprint density at radius 2 is 1.85 bits per heavy atom. The van der Waals surface area contributed by atoms with E-state index in [1.165, 1.54) is 0 Å². The summed E-state index contributed by atoms with van der Waals surface area (Å²) in [6.07, 6.45) is 1.55. The van der Waals surface area contributed by atoms with Gasteiger partial charge in [-0.3, -0.25) is 9.59 Å². The highest BCUT2D eigenvalue weighted by atomic mass is 16.7. The summed E-state index contributed by atoms with van der Waals surface area (Å²) >= 11 is 0. The van der Waals surface area contributed by atoms with E-state index in [1.807, 2.05) is 57.2 Å². The first kappa shape index (κ1) is 22.3. The van der Waals surface area contributed by atoms with E-state index in [9.17, 15) is 14.7 Å². The van der Waals surface area contributed by atoms with Gasteiger partial charge in [0.2, 0.25) is 12.7 Å². The fraction of sp³-hybridized carbons (Fsp3) is 0.385. The fourth-order valence-corrected chi connectivity index (χ4v) is 4.32. The van der Waals surface area contributed by atoms with E-state index in [0.29, 0.717) is 22.9 Å². The molecule has 0 spiro atoms. The summed E-state index contributed by atoms with van der Waals surface area (Å²) in [5, 5.41) is 16.4. The van der Waals surface area contributed by atoms with Crippen molar-refractivity contribution in [2.24, 2.45) is 5.41 Å². The van der Waals surface area contributed by atoms with Crippen LogP contribution in [-0.2, 0) is 10.2 Å². The van der Waals surface area contributed by atoms with Crippen molar-refractivity contribution in [2.75, 3.05) is 18.7 Å². The van der Waals surface area contributed by atoms with Crippen molar-refractivity contribution in [1.29, 1.82) is 0 Å². The Balaban J connectivity index is 1.32. The smallest absolute Gasteiger partial charge is 0.268 e. The lowest BCUT2D eigenvalue weighted by Gasteiger charge is -2.29. The number of carbonyl (C=O) groups excluding carboxylic acids is 2. The van der Waals surface area contributed by atoms with Crippen LogP contribution in [0.5, 0.6) is 11.5 Å². The van der Waals surface area contributed by atoms with Gasteiger partial charge in [-0.2, -0.15) is 0 Å². The van der Waals surface area contributed by atoms with Crippen LogP contribution in [0.25, 0.3) is 10.9 Å². The van der Waals surface area contributed by atoms with E-state index < -0.39 is 5.41 Å². The van der Waals surface area contributed by atoms with Gasteiger partial charge in [-0.25, -0.2) is 0 Å². The minimum atomic E-state index is -0.564. The van der Waals surface area contributed by atoms with Crippen LogP contribution in [0.2, 0.25) is 0 Å². The number of rotatable bonds is 6. The first-order valence-corrected chi connectivity index (χ1v) is 11.5. The van der Waals surface area contributed by atoms with E-state index >= 15 is 0 Å². The van der Waals surface area contributed by atoms with Crippen molar-refractivity contribution in [1.82, 2.24) is 10.3 Å². The Morgan fingerprint density at radius 1 is 1.09 bits per heavy atom. The third-order valence-electron chi connectivity index (χ3n) is 6.77. The summed E-state index contributed by atoms with van der Waals surface area (Å²) < 4.78 is 10.9. The second-order valence-electron chi connectivity index (χ2n) is 10.2. The molecule has 0 bridgehead atoms. The molecule has 1 aromatic heterocycles. The van der Waals surface area contributed by atoms with Crippen LogP contribution in [0.4, 0.5) is 5.69 Å². The maximum absolute atomic E-state index is 13.2. The molecular formula is C26H29N3O5. The van der Waals surface area contributed by atoms with E-state index in [2.05, 4.69) is 15.6 Å². The number of hydrogen-bond donors (Lipinski definition) is 4. The maximum atomic E-state index is 13.2. The second-order valence-corrected chi connectivity index (χ2v) is 10.2. The summed E-state index contributed by atoms with van der Waals surface area (Å²) in [7, 11) is 0. The number of aliphatic hydroxyl groups excluding tert-OH is 1. The summed E-state index contributed by atoms with van der Waals surface area (Å²) in [6, 6.07) is 12.6. The topological polar surface area (TPSA) is 113 Å². The molecule has 1 atom stereocenters. The first-order chi connectivity index (χ1) is 16.2. The van der Waals surface area contributed by atoms with Crippen LogP contribution >= 0.6 is 0 Å². The second kappa shape index (κ2) is 8.06. The molecule has 2 heterocycles. The molecule has 2 aliphatic rings. The lowest BCUT2D eigenvalue weighted by atomic mass is 9.87. The Bertz CT molecular complexity index is 1270. The molecule has 3 aromatic rings. The molecule has 2 aromatic carbocycles. The van der Waals surface area contributed by atoms with Crippen molar-refractivity contribution < 1.29 is 24.2 Å². The normalized spacial score (nSPS) is 16.8. The van der Waals surface area contributed by atoms with Gasteiger partial charge in [0, 0.05) is 16.6 Å². The van der Waals surface area contributed by atoms with Gasteiger partial charge in [0.15, 0.2) is 11.5 Å². The average molecular weight is 464 g/mol. The molecule has 5 rings (SSSR count). The molecule has 8 heteroatoms. The number of H-pyrrole nitrogens is 1. The summed E-state index contributed by atoms with van der Waals surface area (Å²) in [5.74, 6) is 1.03. The van der Waals surface area contributed by atoms with Gasteiger partial charge < -0.3 is 30.2 Å². The van der Waals surface area contributed by atoms with Gasteiger partial charge in [-0.1, -0.05) is 26.8 Å². The van der Waals surface area contributed by atoms with Crippen LogP contribution in [0.15, 0.2) is 42.5 Å². The fourth-order valence-electron chi connectivity index (χ4n) is 4.32. The summed E-state index contributed by atoms with van der Waals surface area (Å²) in [4.78, 5) is 29.1. The molecule has 2 amide bonds. The number of amides is 2. The largest absolute Gasteiger partial charge is 0.454 e. The lowest BCUT2D eigenvalue weighted by Crippen LogP contribution is -2.46. The van der Waals surface area contributed by atoms with Crippen molar-refractivity contribution in [3.8, 4) is 11.5 Å². The van der Waals surface area contributed by atoms with Crippen molar-refractivity contribution in [3.05, 3.63) is 53.7 Å². The molecular weight excluding hydrogens is 434 g/mol. The highest BCUT2D eigenvalue weighted by molar-refractivity contribution is 6.03. The molecule has 8 nitrogen and oxygen atoms in total. The van der Waals surface area contributed by atoms with E-state index in [1.54, 1.807) is 6.07 Å². The highest BCUT2D eigenvalue weighted by Gasteiger charge is 2.51. The zero-order valence-corrected chi connectivity index (χ0v) is 19.5. The van der Waals surface area contributed by atoms with Gasteiger partial charge in [0.25, 0.3) is 5.91 Å². The Kier molecular flexibility index (Phi) is 5.28. The lowest BCUT2D eigenvalue weighted by molar-refractivity contribution is -0.118. The molecule has 178 valence electrons. The predicted octanol–water partition coefficient (Wildman–Crippen LogP) is 3.70. The van der Waals surface area contributed by atoms with Crippen LogP contribution in [0.3, 0.4) is 0 Å². The zero-order chi connectivity index (χ0) is 24.1. The molecule has 1 saturated carbocycles. The minimum absolute atomic E-state index is 0.0600. The Labute approximate surface area is 197 Å². The van der Waals surface area contributed by atoms with E-state index in [-0.39, 0.29) is 36.7 Å². The van der Waals surface area contributed by atoms with Gasteiger partial charge >= 0.3 is 0 Å². The standard InChI is InChI=1S/C26H29N3O5/c1-25(2,3)22(13-30)29-23(31)19-11-15-10-17(5-6-18(15)28-19)27-24(32)26(8-9-26)16-4-7-20-21(12-16)34-14-33-20/h4-7,10-12,22,28,30H,8-9,13-14H2,1-3H3,(H,27,32)(H,29,31)/t22-/m0/s1. The minimum Gasteiger partial charge on any atom is -0.454 e. The highest BCUT2D eigenvalue weighted by Crippen LogP contribution is 2.51. The molecule has 34 heavy (non-hydrogen) atoms. The van der Waals surface area contributed by atoms with Gasteiger partial charge in [0.1, 0.15) is 5.69 Å². The number of carbonyl (C=O) groups is 2. The van der Waals surface area contributed by atoms with Crippen molar-refractivity contribution in [2.45, 2.75) is 45.1 Å². The van der Waals surface area contributed by atoms with Crippen molar-refractivity contribution in [3.63, 3.8) is 0 Å². The Hall–Kier alpha value is -3.52. The van der Waals surface area contributed by atoms with Crippen LogP contribution in [0.1, 0.15) is 49.7 Å². The quantitative estimate of drug-likeness (QED) is 0.445. The molecule has 4 N–H and O–H groups in total. The van der Waals surface area contributed by atoms with Crippen molar-refractivity contribution >= 4 is 28.4 Å². The van der Waals surface area contributed by atoms with Crippen LogP contribution in [-0.4, -0.2) is 41.3 Å². The van der Waals surface area contributed by atoms with Gasteiger partial charge in [-0.05, 0) is 60.2 Å². The maximum Gasteiger partial charge on any atom is 0.268 e. The number of aromatic nitrogens is 1. The molecule has 1 aliphatic carbocycles. The number of aromatic amines is 1. The number of ether oxygens (including phenoxy) is 2. The van der Waals surface area contributed by atoms with E-state index in [0.717, 1.165) is 29.3 Å². The number of aliphatic hydroxyl groups is 1. The predicted molar refractivity (Wildman–Crippen MR) is 128 cm³/mol. The van der Waals surface area contributed by atoms with Gasteiger partial charge in [0.05, 0.1) is 18.1 Å². The number of fused-ring (bicyclic) bond motifs is 2. The van der Waals surface area contributed by atoms with Crippen LogP contribution < -0.4 is 20.1 Å². The zero-order valence-electron chi connectivity index (χ0n) is 19.5. The SMILES string of the molecule is CC(C)(C)[C@H](CO)NC(=O)c1cc2cc(NC(=O)C3(c4ccc5c(c4)OCO5)CC3)ccc2[nH]1.